The molecule has 1 aromatic carbocycles. The number of amidine groups is 1. The molecule has 0 aliphatic carbocycles. The van der Waals surface area contributed by atoms with E-state index in [1.54, 1.807) is 42.2 Å². The third-order valence-corrected chi connectivity index (χ3v) is 4.70. The van der Waals surface area contributed by atoms with Crippen LogP contribution in [-0.2, 0) is 0 Å². The number of aliphatic imine (C=N–C) groups is 1. The van der Waals surface area contributed by atoms with Gasteiger partial charge in [-0.25, -0.2) is 14.7 Å². The van der Waals surface area contributed by atoms with E-state index in [4.69, 9.17) is 11.6 Å². The van der Waals surface area contributed by atoms with Crippen LogP contribution in [0.2, 0.25) is 5.02 Å². The summed E-state index contributed by atoms with van der Waals surface area (Å²) in [5.41, 5.74) is 1.65. The van der Waals surface area contributed by atoms with E-state index in [-0.39, 0.29) is 6.03 Å². The number of benzene rings is 1. The Morgan fingerprint density at radius 2 is 2.21 bits per heavy atom. The lowest BCUT2D eigenvalue weighted by Crippen LogP contribution is -2.39. The van der Waals surface area contributed by atoms with Crippen LogP contribution in [0.15, 0.2) is 47.6 Å². The minimum Gasteiger partial charge on any atom is -0.307 e. The fraction of sp³-hybridized carbons (Fsp3) is 0.235. The van der Waals surface area contributed by atoms with Gasteiger partial charge in [-0.05, 0) is 42.8 Å². The summed E-state index contributed by atoms with van der Waals surface area (Å²) in [5, 5.41) is 4.42. The third kappa shape index (κ3) is 3.88. The molecule has 0 saturated carbocycles. The molecule has 24 heavy (non-hydrogen) atoms. The number of urea groups is 1. The average molecular weight is 361 g/mol. The molecule has 0 bridgehead atoms. The van der Waals surface area contributed by atoms with Crippen molar-refractivity contribution in [2.75, 3.05) is 16.8 Å². The van der Waals surface area contributed by atoms with Gasteiger partial charge in [-0.1, -0.05) is 36.4 Å². The quantitative estimate of drug-likeness (QED) is 0.853. The van der Waals surface area contributed by atoms with Crippen LogP contribution in [0.1, 0.15) is 12.5 Å². The van der Waals surface area contributed by atoms with Crippen LogP contribution in [0.25, 0.3) is 0 Å². The summed E-state index contributed by atoms with van der Waals surface area (Å²) in [4.78, 5) is 23.2. The Morgan fingerprint density at radius 1 is 1.38 bits per heavy atom. The van der Waals surface area contributed by atoms with E-state index in [2.05, 4.69) is 22.2 Å². The predicted molar refractivity (Wildman–Crippen MR) is 101 cm³/mol. The number of amides is 2. The number of aromatic nitrogens is 1. The monoisotopic (exact) mass is 360 g/mol. The van der Waals surface area contributed by atoms with Gasteiger partial charge in [-0.3, -0.25) is 4.99 Å². The Morgan fingerprint density at radius 3 is 2.88 bits per heavy atom. The zero-order valence-corrected chi connectivity index (χ0v) is 14.9. The van der Waals surface area contributed by atoms with Crippen LogP contribution in [0.4, 0.5) is 16.3 Å². The van der Waals surface area contributed by atoms with Crippen LogP contribution in [0, 0.1) is 6.92 Å². The number of thioether (sulfide) groups is 1. The molecule has 2 heterocycles. The van der Waals surface area contributed by atoms with E-state index in [9.17, 15) is 4.79 Å². The molecule has 3 rings (SSSR count). The fourth-order valence-corrected chi connectivity index (χ4v) is 3.39. The van der Waals surface area contributed by atoms with Crippen molar-refractivity contribution in [2.45, 2.75) is 19.1 Å². The lowest BCUT2D eigenvalue weighted by molar-refractivity contribution is 0.259. The van der Waals surface area contributed by atoms with E-state index in [1.165, 1.54) is 4.90 Å². The standard InChI is InChI=1S/C17H17ClN4OS/c1-11-6-7-19-15(8-11)22(17-20-10-12(2)24-17)16(23)21-14-5-3-4-13(18)9-14/h3-9,12H,10H2,1-2H3,(H,21,23). The topological polar surface area (TPSA) is 57.6 Å². The molecular formula is C17H17ClN4OS. The van der Waals surface area contributed by atoms with E-state index >= 15 is 0 Å². The Balaban J connectivity index is 1.91. The fourth-order valence-electron chi connectivity index (χ4n) is 2.26. The Labute approximate surface area is 150 Å². The normalized spacial score (nSPS) is 16.6. The summed E-state index contributed by atoms with van der Waals surface area (Å²) in [6.07, 6.45) is 1.69. The second kappa shape index (κ2) is 7.23. The van der Waals surface area contributed by atoms with Gasteiger partial charge in [0.05, 0.1) is 6.54 Å². The minimum absolute atomic E-state index is 0.310. The summed E-state index contributed by atoms with van der Waals surface area (Å²) < 4.78 is 0. The number of aryl methyl sites for hydroxylation is 1. The molecule has 7 heteroatoms. The van der Waals surface area contributed by atoms with Crippen LogP contribution in [-0.4, -0.2) is 28.0 Å². The van der Waals surface area contributed by atoms with E-state index in [1.807, 2.05) is 19.1 Å². The molecule has 1 aliphatic heterocycles. The summed E-state index contributed by atoms with van der Waals surface area (Å²) in [6.45, 7) is 4.73. The molecule has 124 valence electrons. The predicted octanol–water partition coefficient (Wildman–Crippen LogP) is 4.57. The van der Waals surface area contributed by atoms with Gasteiger partial charge in [-0.2, -0.15) is 0 Å². The van der Waals surface area contributed by atoms with Crippen molar-refractivity contribution in [1.82, 2.24) is 4.98 Å². The maximum Gasteiger partial charge on any atom is 0.333 e. The number of anilines is 2. The van der Waals surface area contributed by atoms with Crippen LogP contribution in [0.5, 0.6) is 0 Å². The molecule has 1 aliphatic rings. The van der Waals surface area contributed by atoms with Crippen molar-refractivity contribution in [3.63, 3.8) is 0 Å². The van der Waals surface area contributed by atoms with Gasteiger partial charge in [0, 0.05) is 22.2 Å². The zero-order valence-electron chi connectivity index (χ0n) is 13.4. The van der Waals surface area contributed by atoms with E-state index in [0.717, 1.165) is 5.56 Å². The van der Waals surface area contributed by atoms with Crippen molar-refractivity contribution in [2.24, 2.45) is 4.99 Å². The number of nitrogens with one attached hydrogen (secondary N) is 1. The number of pyridine rings is 1. The summed E-state index contributed by atoms with van der Waals surface area (Å²) in [7, 11) is 0. The molecule has 2 aromatic rings. The molecular weight excluding hydrogens is 344 g/mol. The van der Waals surface area contributed by atoms with Gasteiger partial charge >= 0.3 is 6.03 Å². The maximum absolute atomic E-state index is 12.9. The van der Waals surface area contributed by atoms with Crippen molar-refractivity contribution >= 4 is 46.1 Å². The highest BCUT2D eigenvalue weighted by Gasteiger charge is 2.28. The number of carbonyl (C=O) groups is 1. The second-order valence-corrected chi connectivity index (χ2v) is 7.36. The van der Waals surface area contributed by atoms with Crippen molar-refractivity contribution in [3.05, 3.63) is 53.2 Å². The van der Waals surface area contributed by atoms with Crippen LogP contribution < -0.4 is 10.2 Å². The van der Waals surface area contributed by atoms with Crippen LogP contribution >= 0.6 is 23.4 Å². The number of halogens is 1. The van der Waals surface area contributed by atoms with Gasteiger partial charge in [0.2, 0.25) is 0 Å². The lowest BCUT2D eigenvalue weighted by Gasteiger charge is -2.22. The second-order valence-electron chi connectivity index (χ2n) is 5.52. The van der Waals surface area contributed by atoms with Gasteiger partial charge in [0.15, 0.2) is 5.17 Å². The molecule has 1 unspecified atom stereocenters. The first-order chi connectivity index (χ1) is 11.5. The van der Waals surface area contributed by atoms with Gasteiger partial charge in [0.1, 0.15) is 5.82 Å². The van der Waals surface area contributed by atoms with E-state index in [0.29, 0.717) is 33.5 Å². The van der Waals surface area contributed by atoms with E-state index < -0.39 is 0 Å². The van der Waals surface area contributed by atoms with Gasteiger partial charge in [-0.15, -0.1) is 0 Å². The molecule has 0 saturated heterocycles. The first-order valence-corrected chi connectivity index (χ1v) is 8.79. The number of carbonyl (C=O) groups excluding carboxylic acids is 1. The number of nitrogens with zero attached hydrogens (tertiary/aromatic N) is 3. The van der Waals surface area contributed by atoms with Crippen molar-refractivity contribution in [3.8, 4) is 0 Å². The molecule has 0 radical (unpaired) electrons. The molecule has 0 fully saturated rings. The lowest BCUT2D eigenvalue weighted by atomic mass is 10.3. The first-order valence-electron chi connectivity index (χ1n) is 7.53. The first kappa shape index (κ1) is 16.8. The molecule has 1 atom stereocenters. The maximum atomic E-state index is 12.9. The summed E-state index contributed by atoms with van der Waals surface area (Å²) in [6, 6.07) is 10.5. The number of hydrogen-bond acceptors (Lipinski definition) is 4. The van der Waals surface area contributed by atoms with Gasteiger partial charge < -0.3 is 5.32 Å². The Hall–Kier alpha value is -2.05. The zero-order chi connectivity index (χ0) is 17.1. The van der Waals surface area contributed by atoms with Crippen molar-refractivity contribution in [1.29, 1.82) is 0 Å². The SMILES string of the molecule is Cc1ccnc(N(C(=O)Nc2cccc(Cl)c2)C2=NCC(C)S2)c1. The Bertz CT molecular complexity index is 796. The summed E-state index contributed by atoms with van der Waals surface area (Å²) >= 11 is 7.55. The molecule has 2 amide bonds. The molecule has 0 spiro atoms. The Kier molecular flexibility index (Phi) is 5.06. The summed E-state index contributed by atoms with van der Waals surface area (Å²) in [5.74, 6) is 0.551. The van der Waals surface area contributed by atoms with Crippen LogP contribution in [0.3, 0.4) is 0 Å². The minimum atomic E-state index is -0.310. The third-order valence-electron chi connectivity index (χ3n) is 3.39. The molecule has 1 aromatic heterocycles. The smallest absolute Gasteiger partial charge is 0.307 e. The van der Waals surface area contributed by atoms with Gasteiger partial charge in [0.25, 0.3) is 0 Å². The highest BCUT2D eigenvalue weighted by atomic mass is 35.5. The molecule has 1 N–H and O–H groups in total. The number of hydrogen-bond donors (Lipinski definition) is 1. The highest BCUT2D eigenvalue weighted by molar-refractivity contribution is 8.15. The number of rotatable bonds is 2. The average Bonchev–Trinajstić information content (AvgIpc) is 2.93. The highest BCUT2D eigenvalue weighted by Crippen LogP contribution is 2.27. The largest absolute Gasteiger partial charge is 0.333 e. The van der Waals surface area contributed by atoms with Crippen molar-refractivity contribution < 1.29 is 4.79 Å². The molecule has 5 nitrogen and oxygen atoms in total.